The molecule has 0 bridgehead atoms. The van der Waals surface area contributed by atoms with Crippen LogP contribution in [0.1, 0.15) is 40.5 Å². The molecule has 1 unspecified atom stereocenters. The van der Waals surface area contributed by atoms with Gasteiger partial charge in [-0.15, -0.1) is 11.8 Å². The lowest BCUT2D eigenvalue weighted by molar-refractivity contribution is -0.146. The van der Waals surface area contributed by atoms with Gasteiger partial charge in [-0.25, -0.2) is 0 Å². The number of benzene rings is 1. The van der Waals surface area contributed by atoms with Gasteiger partial charge < -0.3 is 24.5 Å². The molecule has 0 aliphatic carbocycles. The first-order valence-corrected chi connectivity index (χ1v) is 15.4. The molecule has 216 valence electrons. The van der Waals surface area contributed by atoms with Gasteiger partial charge in [0.2, 0.25) is 17.7 Å². The van der Waals surface area contributed by atoms with Crippen LogP contribution in [0.15, 0.2) is 48.6 Å². The highest BCUT2D eigenvalue weighted by atomic mass is 32.2. The first kappa shape index (κ1) is 28.7. The SMILES string of the molecule is CCCCN1CC=C[C@]23S[C@H]4C=CCN(c5ccc(OCC)cc5)C(=O)[C@H]4[C@H]2C(=O)N([C@@H](CO)C(C)C)C3C1=O. The third-order valence-corrected chi connectivity index (χ3v) is 10.5. The minimum absolute atomic E-state index is 0.0557. The number of thioether (sulfide) groups is 1. The van der Waals surface area contributed by atoms with Crippen LogP contribution in [-0.2, 0) is 14.4 Å². The Balaban J connectivity index is 1.57. The molecule has 1 aromatic rings. The third-order valence-electron chi connectivity index (χ3n) is 8.73. The predicted molar refractivity (Wildman–Crippen MR) is 157 cm³/mol. The number of unbranched alkanes of at least 4 members (excludes halogenated alkanes) is 1. The van der Waals surface area contributed by atoms with Crippen LogP contribution in [0.2, 0.25) is 0 Å². The zero-order chi connectivity index (χ0) is 28.6. The fraction of sp³-hybridized carbons (Fsp3) is 0.581. The van der Waals surface area contributed by atoms with Crippen molar-refractivity contribution in [2.75, 3.05) is 37.7 Å². The van der Waals surface area contributed by atoms with Crippen molar-refractivity contribution >= 4 is 35.2 Å². The van der Waals surface area contributed by atoms with Crippen molar-refractivity contribution in [3.63, 3.8) is 0 Å². The number of anilines is 1. The van der Waals surface area contributed by atoms with Crippen LogP contribution < -0.4 is 9.64 Å². The Labute approximate surface area is 241 Å². The quantitative estimate of drug-likeness (QED) is 0.460. The average molecular weight is 568 g/mol. The molecule has 6 atom stereocenters. The monoisotopic (exact) mass is 567 g/mol. The number of fused-ring (bicyclic) bond motifs is 2. The van der Waals surface area contributed by atoms with E-state index in [0.717, 1.165) is 24.3 Å². The molecule has 2 fully saturated rings. The summed E-state index contributed by atoms with van der Waals surface area (Å²) in [5.74, 6) is -1.05. The number of likely N-dealkylation sites (tertiary alicyclic amines) is 1. The Bertz CT molecular complexity index is 1180. The maximum Gasteiger partial charge on any atom is 0.247 e. The summed E-state index contributed by atoms with van der Waals surface area (Å²) in [5.41, 5.74) is 0.747. The van der Waals surface area contributed by atoms with Crippen molar-refractivity contribution < 1.29 is 24.2 Å². The van der Waals surface area contributed by atoms with Crippen LogP contribution in [0.3, 0.4) is 0 Å². The molecule has 0 aromatic heterocycles. The molecular weight excluding hydrogens is 526 g/mol. The fourth-order valence-electron chi connectivity index (χ4n) is 6.77. The molecule has 40 heavy (non-hydrogen) atoms. The highest BCUT2D eigenvalue weighted by Crippen LogP contribution is 2.61. The molecule has 4 aliphatic rings. The summed E-state index contributed by atoms with van der Waals surface area (Å²) >= 11 is 1.58. The van der Waals surface area contributed by atoms with Gasteiger partial charge in [0.15, 0.2) is 0 Å². The number of ether oxygens (including phenoxy) is 1. The van der Waals surface area contributed by atoms with E-state index in [0.29, 0.717) is 26.2 Å². The largest absolute Gasteiger partial charge is 0.494 e. The van der Waals surface area contributed by atoms with Gasteiger partial charge in [-0.05, 0) is 43.5 Å². The lowest BCUT2D eigenvalue weighted by Gasteiger charge is -2.39. The molecule has 0 saturated carbocycles. The number of aliphatic hydroxyl groups is 1. The normalized spacial score (nSPS) is 30.4. The summed E-state index contributed by atoms with van der Waals surface area (Å²) in [6.07, 6.45) is 9.94. The summed E-state index contributed by atoms with van der Waals surface area (Å²) in [6, 6.07) is 6.18. The smallest absolute Gasteiger partial charge is 0.247 e. The molecular formula is C31H41N3O5S. The summed E-state index contributed by atoms with van der Waals surface area (Å²) in [4.78, 5) is 48.3. The van der Waals surface area contributed by atoms with Crippen LogP contribution >= 0.6 is 11.8 Å². The van der Waals surface area contributed by atoms with E-state index in [2.05, 4.69) is 6.92 Å². The summed E-state index contributed by atoms with van der Waals surface area (Å²) in [6.45, 7) is 9.77. The molecule has 4 aliphatic heterocycles. The Morgan fingerprint density at radius 3 is 2.45 bits per heavy atom. The van der Waals surface area contributed by atoms with Gasteiger partial charge in [-0.3, -0.25) is 14.4 Å². The maximum absolute atomic E-state index is 14.5. The van der Waals surface area contributed by atoms with Gasteiger partial charge >= 0.3 is 0 Å². The van der Waals surface area contributed by atoms with E-state index in [1.807, 2.05) is 74.2 Å². The molecule has 8 nitrogen and oxygen atoms in total. The average Bonchev–Trinajstić information content (AvgIpc) is 3.25. The maximum atomic E-state index is 14.5. The van der Waals surface area contributed by atoms with Gasteiger partial charge in [0, 0.05) is 30.6 Å². The van der Waals surface area contributed by atoms with Crippen molar-refractivity contribution in [1.82, 2.24) is 9.80 Å². The highest BCUT2D eigenvalue weighted by molar-refractivity contribution is 8.02. The van der Waals surface area contributed by atoms with Gasteiger partial charge in [0.25, 0.3) is 0 Å². The van der Waals surface area contributed by atoms with Crippen LogP contribution in [-0.4, -0.2) is 87.6 Å². The number of carbonyl (C=O) groups is 3. The van der Waals surface area contributed by atoms with E-state index in [4.69, 9.17) is 4.74 Å². The minimum atomic E-state index is -0.880. The lowest BCUT2D eigenvalue weighted by Crippen LogP contribution is -2.57. The molecule has 1 N–H and O–H groups in total. The first-order chi connectivity index (χ1) is 19.3. The molecule has 3 amide bonds. The van der Waals surface area contributed by atoms with Gasteiger partial charge in [0.05, 0.1) is 35.8 Å². The number of amides is 3. The second-order valence-electron chi connectivity index (χ2n) is 11.4. The lowest BCUT2D eigenvalue weighted by atomic mass is 9.78. The molecule has 0 radical (unpaired) electrons. The van der Waals surface area contributed by atoms with Gasteiger partial charge in [0.1, 0.15) is 11.8 Å². The van der Waals surface area contributed by atoms with Gasteiger partial charge in [-0.2, -0.15) is 0 Å². The van der Waals surface area contributed by atoms with Crippen molar-refractivity contribution in [3.8, 4) is 5.75 Å². The van der Waals surface area contributed by atoms with E-state index in [9.17, 15) is 19.5 Å². The predicted octanol–water partition coefficient (Wildman–Crippen LogP) is 3.50. The van der Waals surface area contributed by atoms with E-state index in [1.165, 1.54) is 0 Å². The number of hydrogen-bond donors (Lipinski definition) is 1. The fourth-order valence-corrected chi connectivity index (χ4v) is 8.76. The number of rotatable bonds is 9. The van der Waals surface area contributed by atoms with E-state index in [1.54, 1.807) is 21.6 Å². The molecule has 5 rings (SSSR count). The number of carbonyl (C=O) groups excluding carboxylic acids is 3. The first-order valence-electron chi connectivity index (χ1n) is 14.6. The summed E-state index contributed by atoms with van der Waals surface area (Å²) in [7, 11) is 0. The Morgan fingerprint density at radius 1 is 1.05 bits per heavy atom. The van der Waals surface area contributed by atoms with Crippen LogP contribution in [0, 0.1) is 17.8 Å². The van der Waals surface area contributed by atoms with E-state index >= 15 is 0 Å². The Morgan fingerprint density at radius 2 is 1.80 bits per heavy atom. The summed E-state index contributed by atoms with van der Waals surface area (Å²) in [5, 5.41) is 10.2. The van der Waals surface area contributed by atoms with Crippen molar-refractivity contribution in [2.45, 2.75) is 62.6 Å². The van der Waals surface area contributed by atoms with Crippen LogP contribution in [0.25, 0.3) is 0 Å². The molecule has 2 saturated heterocycles. The molecule has 1 aromatic carbocycles. The second kappa shape index (κ2) is 11.6. The minimum Gasteiger partial charge on any atom is -0.494 e. The molecule has 4 heterocycles. The van der Waals surface area contributed by atoms with Crippen molar-refractivity contribution in [2.24, 2.45) is 17.8 Å². The van der Waals surface area contributed by atoms with Crippen molar-refractivity contribution in [1.29, 1.82) is 0 Å². The zero-order valence-electron chi connectivity index (χ0n) is 23.9. The topological polar surface area (TPSA) is 90.4 Å². The zero-order valence-corrected chi connectivity index (χ0v) is 24.7. The highest BCUT2D eigenvalue weighted by Gasteiger charge is 2.71. The standard InChI is InChI=1S/C31H41N3O5S/c1-5-7-16-32-17-9-15-31-26(29(37)34(27(31)30(32)38)23(19-35)20(3)4)25-24(40-31)10-8-18-33(28(25)36)21-11-13-22(14-12-21)39-6-2/h8-15,20,23-27,35H,5-7,16-19H2,1-4H3/t23-,24-,25+,26-,27?,31-/m0/s1. The van der Waals surface area contributed by atoms with Crippen LogP contribution in [0.5, 0.6) is 5.75 Å². The van der Waals surface area contributed by atoms with Gasteiger partial charge in [-0.1, -0.05) is 51.5 Å². The molecule has 9 heteroatoms. The third kappa shape index (κ3) is 4.65. The van der Waals surface area contributed by atoms with Crippen LogP contribution in [0.4, 0.5) is 5.69 Å². The van der Waals surface area contributed by atoms with E-state index < -0.39 is 28.7 Å². The Kier molecular flexibility index (Phi) is 8.34. The Hall–Kier alpha value is -2.78. The number of hydrogen-bond acceptors (Lipinski definition) is 6. The number of aliphatic hydroxyl groups excluding tert-OH is 1. The number of nitrogens with zero attached hydrogens (tertiary/aromatic N) is 3. The molecule has 1 spiro atoms. The van der Waals surface area contributed by atoms with Crippen molar-refractivity contribution in [3.05, 3.63) is 48.6 Å². The second-order valence-corrected chi connectivity index (χ2v) is 12.9. The summed E-state index contributed by atoms with van der Waals surface area (Å²) < 4.78 is 4.70. The van der Waals surface area contributed by atoms with E-state index in [-0.39, 0.29) is 35.5 Å².